The largest absolute Gasteiger partial charge is 0.291 e. The standard InChI is InChI=1S/C11H20N2S/c1-12-6-3-9-7-11(8-14)4-2-5-13(11)10(9)12/h9-10,14H,2-8H2,1H3. The number of hydrogen-bond acceptors (Lipinski definition) is 3. The van der Waals surface area contributed by atoms with Gasteiger partial charge in [0.2, 0.25) is 0 Å². The molecular formula is C11H20N2S. The fraction of sp³-hybridized carbons (Fsp3) is 1.00. The zero-order chi connectivity index (χ0) is 9.76. The highest BCUT2D eigenvalue weighted by atomic mass is 32.1. The molecule has 0 aromatic carbocycles. The lowest BCUT2D eigenvalue weighted by molar-refractivity contribution is 0.0795. The van der Waals surface area contributed by atoms with E-state index in [1.54, 1.807) is 0 Å². The van der Waals surface area contributed by atoms with Crippen molar-refractivity contribution >= 4 is 12.6 Å². The highest BCUT2D eigenvalue weighted by Crippen LogP contribution is 2.49. The zero-order valence-electron chi connectivity index (χ0n) is 8.95. The quantitative estimate of drug-likeness (QED) is 0.657. The molecule has 3 atom stereocenters. The van der Waals surface area contributed by atoms with Crippen LogP contribution in [0.3, 0.4) is 0 Å². The molecule has 14 heavy (non-hydrogen) atoms. The Bertz CT molecular complexity index is 245. The van der Waals surface area contributed by atoms with Crippen molar-refractivity contribution in [2.24, 2.45) is 5.92 Å². The Morgan fingerprint density at radius 1 is 1.43 bits per heavy atom. The Kier molecular flexibility index (Phi) is 2.12. The third-order valence-corrected chi connectivity index (χ3v) is 5.22. The third kappa shape index (κ3) is 1.06. The second-order valence-corrected chi connectivity index (χ2v) is 5.64. The van der Waals surface area contributed by atoms with Crippen molar-refractivity contribution < 1.29 is 0 Å². The van der Waals surface area contributed by atoms with Gasteiger partial charge in [-0.3, -0.25) is 9.80 Å². The highest BCUT2D eigenvalue weighted by Gasteiger charge is 2.55. The molecule has 3 aliphatic heterocycles. The van der Waals surface area contributed by atoms with Gasteiger partial charge in [-0.05, 0) is 45.2 Å². The van der Waals surface area contributed by atoms with E-state index in [1.807, 2.05) is 0 Å². The molecule has 0 radical (unpaired) electrons. The molecule has 3 fully saturated rings. The molecule has 0 spiro atoms. The van der Waals surface area contributed by atoms with Gasteiger partial charge in [-0.2, -0.15) is 12.6 Å². The van der Waals surface area contributed by atoms with Gasteiger partial charge in [0.25, 0.3) is 0 Å². The van der Waals surface area contributed by atoms with Crippen LogP contribution in [0.25, 0.3) is 0 Å². The molecule has 3 saturated heterocycles. The van der Waals surface area contributed by atoms with Crippen molar-refractivity contribution in [3.63, 3.8) is 0 Å². The van der Waals surface area contributed by atoms with Crippen molar-refractivity contribution in [2.45, 2.75) is 37.4 Å². The van der Waals surface area contributed by atoms with Crippen molar-refractivity contribution in [1.82, 2.24) is 9.80 Å². The topological polar surface area (TPSA) is 6.48 Å². The van der Waals surface area contributed by atoms with Gasteiger partial charge in [-0.15, -0.1) is 0 Å². The van der Waals surface area contributed by atoms with Crippen LogP contribution in [0.5, 0.6) is 0 Å². The van der Waals surface area contributed by atoms with E-state index in [4.69, 9.17) is 0 Å². The van der Waals surface area contributed by atoms with E-state index in [0.29, 0.717) is 5.54 Å². The molecule has 0 N–H and O–H groups in total. The first-order chi connectivity index (χ1) is 6.77. The van der Waals surface area contributed by atoms with Crippen molar-refractivity contribution in [2.75, 3.05) is 25.9 Å². The summed E-state index contributed by atoms with van der Waals surface area (Å²) in [6, 6.07) is 0. The molecule has 0 saturated carbocycles. The van der Waals surface area contributed by atoms with E-state index in [9.17, 15) is 0 Å². The summed E-state index contributed by atoms with van der Waals surface area (Å²) in [5.74, 6) is 2.00. The van der Waals surface area contributed by atoms with E-state index >= 15 is 0 Å². The Morgan fingerprint density at radius 2 is 2.29 bits per heavy atom. The fourth-order valence-electron chi connectivity index (χ4n) is 4.02. The monoisotopic (exact) mass is 212 g/mol. The summed E-state index contributed by atoms with van der Waals surface area (Å²) in [5, 5.41) is 0. The first-order valence-corrected chi connectivity index (χ1v) is 6.48. The average molecular weight is 212 g/mol. The maximum Gasteiger partial charge on any atom is 0.0655 e. The van der Waals surface area contributed by atoms with Crippen LogP contribution in [0, 0.1) is 5.92 Å². The van der Waals surface area contributed by atoms with Gasteiger partial charge in [-0.25, -0.2) is 0 Å². The van der Waals surface area contributed by atoms with Gasteiger partial charge in [-0.1, -0.05) is 0 Å². The van der Waals surface area contributed by atoms with Crippen LogP contribution in [0.2, 0.25) is 0 Å². The molecule has 0 amide bonds. The van der Waals surface area contributed by atoms with Gasteiger partial charge in [0.15, 0.2) is 0 Å². The summed E-state index contributed by atoms with van der Waals surface area (Å²) in [5.41, 5.74) is 0.479. The first kappa shape index (κ1) is 9.49. The minimum absolute atomic E-state index is 0.479. The SMILES string of the molecule is CN1CCC2CC3(CS)CCCN3C21. The Morgan fingerprint density at radius 3 is 3.07 bits per heavy atom. The fourth-order valence-corrected chi connectivity index (χ4v) is 4.49. The summed E-state index contributed by atoms with van der Waals surface area (Å²) in [6.07, 6.45) is 6.35. The second kappa shape index (κ2) is 3.13. The van der Waals surface area contributed by atoms with E-state index in [2.05, 4.69) is 29.5 Å². The molecule has 3 aliphatic rings. The van der Waals surface area contributed by atoms with Crippen LogP contribution in [0.1, 0.15) is 25.7 Å². The van der Waals surface area contributed by atoms with Gasteiger partial charge in [0.05, 0.1) is 6.17 Å². The molecule has 0 aliphatic carbocycles. The molecule has 0 aromatic heterocycles. The second-order valence-electron chi connectivity index (χ2n) is 5.33. The number of likely N-dealkylation sites (tertiary alicyclic amines) is 1. The minimum Gasteiger partial charge on any atom is -0.291 e. The number of rotatable bonds is 1. The smallest absolute Gasteiger partial charge is 0.0655 e. The Hall–Kier alpha value is 0.270. The third-order valence-electron chi connectivity index (χ3n) is 4.63. The number of hydrogen-bond donors (Lipinski definition) is 1. The number of nitrogens with zero attached hydrogens (tertiary/aromatic N) is 2. The Balaban J connectivity index is 1.91. The summed E-state index contributed by atoms with van der Waals surface area (Å²) in [6.45, 7) is 2.61. The van der Waals surface area contributed by atoms with E-state index < -0.39 is 0 Å². The predicted molar refractivity (Wildman–Crippen MR) is 61.7 cm³/mol. The predicted octanol–water partition coefficient (Wildman–Crippen LogP) is 1.43. The Labute approximate surface area is 92.0 Å². The summed E-state index contributed by atoms with van der Waals surface area (Å²) >= 11 is 4.59. The summed E-state index contributed by atoms with van der Waals surface area (Å²) < 4.78 is 0. The molecule has 2 nitrogen and oxygen atoms in total. The van der Waals surface area contributed by atoms with Crippen LogP contribution >= 0.6 is 12.6 Å². The molecule has 3 unspecified atom stereocenters. The van der Waals surface area contributed by atoms with Crippen molar-refractivity contribution in [3.05, 3.63) is 0 Å². The number of fused-ring (bicyclic) bond motifs is 3. The molecule has 0 bridgehead atoms. The lowest BCUT2D eigenvalue weighted by atomic mass is 9.91. The van der Waals surface area contributed by atoms with E-state index in [-0.39, 0.29) is 0 Å². The molecule has 80 valence electrons. The lowest BCUT2D eigenvalue weighted by Crippen LogP contribution is -2.48. The van der Waals surface area contributed by atoms with Gasteiger partial charge in [0.1, 0.15) is 0 Å². The van der Waals surface area contributed by atoms with E-state index in [0.717, 1.165) is 17.8 Å². The van der Waals surface area contributed by atoms with Gasteiger partial charge < -0.3 is 0 Å². The molecule has 3 heterocycles. The minimum atomic E-state index is 0.479. The normalized spacial score (nSPS) is 48.4. The maximum absolute atomic E-state index is 4.59. The lowest BCUT2D eigenvalue weighted by Gasteiger charge is -2.36. The summed E-state index contributed by atoms with van der Waals surface area (Å²) in [4.78, 5) is 5.32. The van der Waals surface area contributed by atoms with Gasteiger partial charge >= 0.3 is 0 Å². The summed E-state index contributed by atoms with van der Waals surface area (Å²) in [7, 11) is 2.29. The first-order valence-electron chi connectivity index (χ1n) is 5.85. The molecular weight excluding hydrogens is 192 g/mol. The van der Waals surface area contributed by atoms with Gasteiger partial charge in [0, 0.05) is 17.8 Å². The van der Waals surface area contributed by atoms with Crippen LogP contribution in [-0.2, 0) is 0 Å². The maximum atomic E-state index is 4.59. The van der Waals surface area contributed by atoms with Crippen molar-refractivity contribution in [1.29, 1.82) is 0 Å². The molecule has 3 heteroatoms. The molecule has 3 rings (SSSR count). The number of thiol groups is 1. The van der Waals surface area contributed by atoms with Crippen LogP contribution in [0.15, 0.2) is 0 Å². The van der Waals surface area contributed by atoms with E-state index in [1.165, 1.54) is 38.8 Å². The molecule has 0 aromatic rings. The van der Waals surface area contributed by atoms with Crippen LogP contribution < -0.4 is 0 Å². The van der Waals surface area contributed by atoms with Crippen LogP contribution in [0.4, 0.5) is 0 Å². The highest BCUT2D eigenvalue weighted by molar-refractivity contribution is 7.80. The van der Waals surface area contributed by atoms with Crippen molar-refractivity contribution in [3.8, 4) is 0 Å². The van der Waals surface area contributed by atoms with Crippen LogP contribution in [-0.4, -0.2) is 47.4 Å². The average Bonchev–Trinajstić information content (AvgIpc) is 2.76. The zero-order valence-corrected chi connectivity index (χ0v) is 9.84.